The van der Waals surface area contributed by atoms with Gasteiger partial charge in [-0.2, -0.15) is 0 Å². The monoisotopic (exact) mass is 529 g/mol. The number of halogens is 1. The van der Waals surface area contributed by atoms with E-state index in [0.717, 1.165) is 30.0 Å². The van der Waals surface area contributed by atoms with Crippen molar-refractivity contribution in [2.75, 3.05) is 36.4 Å². The number of imidazole rings is 2. The predicted molar refractivity (Wildman–Crippen MR) is 149 cm³/mol. The number of carbonyl (C=O) groups is 2. The van der Waals surface area contributed by atoms with Crippen molar-refractivity contribution in [3.05, 3.63) is 72.1 Å². The average molecular weight is 530 g/mol. The van der Waals surface area contributed by atoms with Crippen molar-refractivity contribution in [1.82, 2.24) is 24.4 Å². The van der Waals surface area contributed by atoms with E-state index in [0.29, 0.717) is 35.9 Å². The fourth-order valence-electron chi connectivity index (χ4n) is 4.78. The van der Waals surface area contributed by atoms with Gasteiger partial charge in [0, 0.05) is 62.3 Å². The van der Waals surface area contributed by atoms with Gasteiger partial charge in [-0.25, -0.2) is 14.4 Å². The van der Waals surface area contributed by atoms with Crippen molar-refractivity contribution in [1.29, 1.82) is 0 Å². The van der Waals surface area contributed by atoms with Crippen molar-refractivity contribution in [3.8, 4) is 22.8 Å². The van der Waals surface area contributed by atoms with Crippen molar-refractivity contribution < 1.29 is 14.0 Å². The number of nitrogens with zero attached hydrogens (tertiary/aromatic N) is 5. The van der Waals surface area contributed by atoms with E-state index in [1.54, 1.807) is 38.5 Å². The van der Waals surface area contributed by atoms with Crippen LogP contribution in [0, 0.1) is 12.7 Å². The first kappa shape index (κ1) is 26.1. The molecule has 39 heavy (non-hydrogen) atoms. The van der Waals surface area contributed by atoms with E-state index in [4.69, 9.17) is 0 Å². The SMILES string of the molecule is CC(=O)N1CCN(c2ccc(NC(=O)c3c[nH]c(-c4c(-c5ccc(F)c(C)c5)ncn4C(C)C)n3)cc2)CC1. The molecule has 1 aliphatic heterocycles. The second-order valence-corrected chi connectivity index (χ2v) is 10.0. The van der Waals surface area contributed by atoms with Gasteiger partial charge in [0.1, 0.15) is 17.2 Å². The quantitative estimate of drug-likeness (QED) is 0.371. The molecule has 1 saturated heterocycles. The molecule has 1 fully saturated rings. The lowest BCUT2D eigenvalue weighted by Crippen LogP contribution is -2.48. The number of aromatic amines is 1. The smallest absolute Gasteiger partial charge is 0.275 e. The maximum absolute atomic E-state index is 13.9. The number of aromatic nitrogens is 4. The molecule has 0 saturated carbocycles. The largest absolute Gasteiger partial charge is 0.368 e. The van der Waals surface area contributed by atoms with Gasteiger partial charge in [-0.1, -0.05) is 0 Å². The van der Waals surface area contributed by atoms with E-state index >= 15 is 0 Å². The highest BCUT2D eigenvalue weighted by Gasteiger charge is 2.22. The zero-order chi connectivity index (χ0) is 27.7. The Morgan fingerprint density at radius 3 is 2.41 bits per heavy atom. The van der Waals surface area contributed by atoms with E-state index < -0.39 is 0 Å². The van der Waals surface area contributed by atoms with Gasteiger partial charge >= 0.3 is 0 Å². The summed E-state index contributed by atoms with van der Waals surface area (Å²) in [5.74, 6) is -0.00713. The lowest BCUT2D eigenvalue weighted by molar-refractivity contribution is -0.129. The Bertz CT molecular complexity index is 1500. The van der Waals surface area contributed by atoms with Crippen LogP contribution in [0.15, 0.2) is 55.0 Å². The van der Waals surface area contributed by atoms with E-state index in [1.165, 1.54) is 6.07 Å². The zero-order valence-corrected chi connectivity index (χ0v) is 22.5. The Hall–Kier alpha value is -4.47. The number of nitrogens with one attached hydrogen (secondary N) is 2. The summed E-state index contributed by atoms with van der Waals surface area (Å²) in [6.45, 7) is 10.3. The highest BCUT2D eigenvalue weighted by Crippen LogP contribution is 2.32. The lowest BCUT2D eigenvalue weighted by atomic mass is 10.1. The molecule has 2 aromatic heterocycles. The molecule has 0 aliphatic carbocycles. The number of amides is 2. The van der Waals surface area contributed by atoms with Crippen LogP contribution in [-0.4, -0.2) is 62.4 Å². The molecule has 1 aliphatic rings. The molecule has 2 amide bonds. The third kappa shape index (κ3) is 5.41. The van der Waals surface area contributed by atoms with Gasteiger partial charge in [-0.3, -0.25) is 9.59 Å². The van der Waals surface area contributed by atoms with Crippen LogP contribution in [0.25, 0.3) is 22.8 Å². The Balaban J connectivity index is 1.32. The molecule has 10 heteroatoms. The van der Waals surface area contributed by atoms with Crippen LogP contribution in [0.2, 0.25) is 0 Å². The van der Waals surface area contributed by atoms with E-state index in [9.17, 15) is 14.0 Å². The first-order valence-electron chi connectivity index (χ1n) is 13.0. The molecule has 4 aromatic rings. The minimum atomic E-state index is -0.338. The van der Waals surface area contributed by atoms with Crippen LogP contribution in [-0.2, 0) is 4.79 Å². The molecule has 0 bridgehead atoms. The third-order valence-corrected chi connectivity index (χ3v) is 7.03. The molecule has 0 spiro atoms. The topological polar surface area (TPSA) is 99.1 Å². The van der Waals surface area contributed by atoms with Crippen LogP contribution in [0.4, 0.5) is 15.8 Å². The average Bonchev–Trinajstić information content (AvgIpc) is 3.58. The molecule has 0 radical (unpaired) electrons. The van der Waals surface area contributed by atoms with E-state index in [1.807, 2.05) is 47.6 Å². The molecular formula is C29H32FN7O2. The van der Waals surface area contributed by atoms with Gasteiger partial charge in [0.2, 0.25) is 5.91 Å². The fourth-order valence-corrected chi connectivity index (χ4v) is 4.78. The molecule has 2 aromatic carbocycles. The van der Waals surface area contributed by atoms with E-state index in [-0.39, 0.29) is 29.4 Å². The van der Waals surface area contributed by atoms with Crippen LogP contribution < -0.4 is 10.2 Å². The molecule has 2 N–H and O–H groups in total. The Morgan fingerprint density at radius 2 is 1.77 bits per heavy atom. The summed E-state index contributed by atoms with van der Waals surface area (Å²) in [6.07, 6.45) is 3.31. The summed E-state index contributed by atoms with van der Waals surface area (Å²) in [5, 5.41) is 2.91. The number of hydrogen-bond acceptors (Lipinski definition) is 5. The van der Waals surface area contributed by atoms with Crippen LogP contribution in [0.5, 0.6) is 0 Å². The van der Waals surface area contributed by atoms with Crippen LogP contribution >= 0.6 is 0 Å². The van der Waals surface area contributed by atoms with Gasteiger partial charge in [-0.15, -0.1) is 0 Å². The Labute approximate surface area is 226 Å². The summed E-state index contributed by atoms with van der Waals surface area (Å²) >= 11 is 0. The number of piperazine rings is 1. The maximum Gasteiger partial charge on any atom is 0.275 e. The maximum atomic E-state index is 13.9. The first-order chi connectivity index (χ1) is 18.7. The summed E-state index contributed by atoms with van der Waals surface area (Å²) in [6, 6.07) is 12.6. The van der Waals surface area contributed by atoms with Gasteiger partial charge in [0.25, 0.3) is 5.91 Å². The number of H-pyrrole nitrogens is 1. The van der Waals surface area contributed by atoms with Crippen molar-refractivity contribution in [2.24, 2.45) is 0 Å². The van der Waals surface area contributed by atoms with Gasteiger partial charge < -0.3 is 24.7 Å². The lowest BCUT2D eigenvalue weighted by Gasteiger charge is -2.35. The van der Waals surface area contributed by atoms with Gasteiger partial charge in [0.15, 0.2) is 5.82 Å². The zero-order valence-electron chi connectivity index (χ0n) is 22.5. The molecule has 0 atom stereocenters. The van der Waals surface area contributed by atoms with Crippen LogP contribution in [0.1, 0.15) is 42.9 Å². The molecule has 9 nitrogen and oxygen atoms in total. The fraction of sp³-hybridized carbons (Fsp3) is 0.310. The first-order valence-corrected chi connectivity index (χ1v) is 13.0. The number of rotatable bonds is 6. The van der Waals surface area contributed by atoms with Crippen molar-refractivity contribution in [2.45, 2.75) is 33.7 Å². The summed E-state index contributed by atoms with van der Waals surface area (Å²) < 4.78 is 15.9. The molecule has 202 valence electrons. The molecule has 3 heterocycles. The number of benzene rings is 2. The summed E-state index contributed by atoms with van der Waals surface area (Å²) in [7, 11) is 0. The molecule has 5 rings (SSSR count). The Kier molecular flexibility index (Phi) is 7.19. The van der Waals surface area contributed by atoms with Crippen molar-refractivity contribution >= 4 is 23.2 Å². The number of aryl methyl sites for hydroxylation is 1. The minimum absolute atomic E-state index is 0.0918. The summed E-state index contributed by atoms with van der Waals surface area (Å²) in [4.78, 5) is 41.0. The second kappa shape index (κ2) is 10.7. The standard InChI is InChI=1S/C29H32FN7O2/c1-18(2)37-17-32-26(21-5-10-24(30)19(3)15-21)27(37)28-31-16-25(34-28)29(39)33-22-6-8-23(9-7-22)36-13-11-35(12-14-36)20(4)38/h5-10,15-18H,11-14H2,1-4H3,(H,31,34)(H,33,39). The third-order valence-electron chi connectivity index (χ3n) is 7.03. The van der Waals surface area contributed by atoms with Crippen molar-refractivity contribution in [3.63, 3.8) is 0 Å². The Morgan fingerprint density at radius 1 is 1.05 bits per heavy atom. The number of carbonyl (C=O) groups excluding carboxylic acids is 2. The van der Waals surface area contributed by atoms with E-state index in [2.05, 4.69) is 25.2 Å². The number of hydrogen-bond donors (Lipinski definition) is 2. The van der Waals surface area contributed by atoms with Crippen LogP contribution in [0.3, 0.4) is 0 Å². The minimum Gasteiger partial charge on any atom is -0.368 e. The summed E-state index contributed by atoms with van der Waals surface area (Å²) in [5.41, 5.74) is 4.63. The highest BCUT2D eigenvalue weighted by atomic mass is 19.1. The molecular weight excluding hydrogens is 497 g/mol. The highest BCUT2D eigenvalue weighted by molar-refractivity contribution is 6.03. The number of anilines is 2. The van der Waals surface area contributed by atoms with Gasteiger partial charge in [-0.05, 0) is 68.8 Å². The molecule has 0 unspecified atom stereocenters. The second-order valence-electron chi connectivity index (χ2n) is 10.0. The van der Waals surface area contributed by atoms with Gasteiger partial charge in [0.05, 0.1) is 12.0 Å². The predicted octanol–water partition coefficient (Wildman–Crippen LogP) is 4.89. The normalized spacial score (nSPS) is 13.7.